The minimum Gasteiger partial charge on any atom is -0.822 e. The van der Waals surface area contributed by atoms with E-state index in [1.54, 1.807) is 0 Å². The average Bonchev–Trinajstić information content (AvgIpc) is 1.45. The van der Waals surface area contributed by atoms with E-state index in [-0.39, 0.29) is 75.1 Å². The van der Waals surface area contributed by atoms with Crippen molar-refractivity contribution in [2.45, 2.75) is 0 Å². The maximum atomic E-state index is 8.55. The van der Waals surface area contributed by atoms with Crippen LogP contribution < -0.4 is 40.8 Å². The molecule has 0 aromatic rings. The smallest absolute Gasteiger partial charge is 0.822 e. The van der Waals surface area contributed by atoms with Crippen LogP contribution in [0.2, 0.25) is 0 Å². The van der Waals surface area contributed by atoms with Gasteiger partial charge >= 0.3 is 69.2 Å². The summed E-state index contributed by atoms with van der Waals surface area (Å²) in [7, 11) is -10.8. The van der Waals surface area contributed by atoms with Gasteiger partial charge in [-0.05, 0) is 0 Å². The van der Waals surface area contributed by atoms with Crippen LogP contribution in [0.15, 0.2) is 0 Å². The maximum Gasteiger partial charge on any atom is 2.00 e. The number of rotatable bonds is 0. The molecule has 0 heterocycles. The molecule has 0 rings (SSSR count). The topological polar surface area (TPSA) is 248 Å². The normalized spacial score (nSPS) is 8.35. The third-order valence-corrected chi connectivity index (χ3v) is 0. The number of hydrogen-bond donors (Lipinski definition) is 3. The molecule has 88 valence electrons. The molecule has 0 fully saturated rings. The molecular formula is CH5Mg3N3O8P2. The second kappa shape index (κ2) is 17.8. The van der Waals surface area contributed by atoms with Crippen LogP contribution in [0, 0.1) is 5.41 Å². The van der Waals surface area contributed by atoms with Gasteiger partial charge in [-0.1, -0.05) is 0 Å². The molecule has 0 amide bonds. The fraction of sp³-hybridized carbons (Fsp3) is 0. The first-order valence-electron chi connectivity index (χ1n) is 2.29. The van der Waals surface area contributed by atoms with Gasteiger partial charge in [0.2, 0.25) is 0 Å². The van der Waals surface area contributed by atoms with E-state index in [1.165, 1.54) is 0 Å². The van der Waals surface area contributed by atoms with E-state index in [2.05, 4.69) is 11.5 Å². The van der Waals surface area contributed by atoms with E-state index in [4.69, 9.17) is 43.9 Å². The third kappa shape index (κ3) is 1390. The van der Waals surface area contributed by atoms with Gasteiger partial charge in [-0.3, -0.25) is 5.41 Å². The van der Waals surface area contributed by atoms with E-state index >= 15 is 0 Å². The summed E-state index contributed by atoms with van der Waals surface area (Å²) in [6.07, 6.45) is 0. The molecule has 0 aliphatic carbocycles. The molecular weight excluding hydrogens is 317 g/mol. The van der Waals surface area contributed by atoms with Gasteiger partial charge < -0.3 is 50.0 Å². The molecule has 0 saturated heterocycles. The predicted octanol–water partition coefficient (Wildman–Crippen LogP) is -7.95. The van der Waals surface area contributed by atoms with Crippen molar-refractivity contribution in [3.8, 4) is 0 Å². The standard InChI is InChI=1S/CH5N3.3Mg.2H3O4P/c2-1(3)4;;;;2*1-5(2,3)4/h(H5,2,3,4);;;;2*(H3,1,2,3,4)/q;3*+2;;/p-6. The van der Waals surface area contributed by atoms with Crippen molar-refractivity contribution in [1.29, 1.82) is 5.41 Å². The molecule has 0 aromatic carbocycles. The summed E-state index contributed by atoms with van der Waals surface area (Å²) in [6.45, 7) is 0. The van der Waals surface area contributed by atoms with E-state index < -0.39 is 15.6 Å². The maximum absolute atomic E-state index is 8.55. The molecule has 0 unspecified atom stereocenters. The van der Waals surface area contributed by atoms with Gasteiger partial charge in [0.05, 0.1) is 0 Å². The van der Waals surface area contributed by atoms with E-state index in [1.807, 2.05) is 0 Å². The fourth-order valence-corrected chi connectivity index (χ4v) is 0. The van der Waals surface area contributed by atoms with Gasteiger partial charge in [-0.15, -0.1) is 0 Å². The molecule has 16 heteroatoms. The molecule has 0 atom stereocenters. The number of guanidine groups is 1. The Kier molecular flexibility index (Phi) is 38.0. The van der Waals surface area contributed by atoms with Gasteiger partial charge in [0.15, 0.2) is 5.96 Å². The Hall–Kier alpha value is 1.79. The van der Waals surface area contributed by atoms with Crippen molar-refractivity contribution >= 4 is 90.8 Å². The van der Waals surface area contributed by atoms with E-state index in [0.29, 0.717) is 0 Å². The molecule has 0 saturated carbocycles. The zero-order valence-electron chi connectivity index (χ0n) is 8.44. The minimum absolute atomic E-state index is 0. The quantitative estimate of drug-likeness (QED) is 0.164. The number of nitrogens with one attached hydrogen (secondary N) is 1. The summed E-state index contributed by atoms with van der Waals surface area (Å²) in [5, 5.41) is 6.06. The third-order valence-electron chi connectivity index (χ3n) is 0. The summed E-state index contributed by atoms with van der Waals surface area (Å²) in [6, 6.07) is 0. The molecule has 11 nitrogen and oxygen atoms in total. The Balaban J connectivity index is -0.0000000247. The van der Waals surface area contributed by atoms with E-state index in [0.717, 1.165) is 0 Å². The van der Waals surface area contributed by atoms with Gasteiger partial charge in [0.1, 0.15) is 0 Å². The van der Waals surface area contributed by atoms with Crippen LogP contribution >= 0.6 is 15.6 Å². The van der Waals surface area contributed by atoms with Crippen molar-refractivity contribution in [2.24, 2.45) is 11.5 Å². The Labute approximate surface area is 145 Å². The number of phosphoric acid groups is 2. The fourth-order valence-electron chi connectivity index (χ4n) is 0. The van der Waals surface area contributed by atoms with Crippen molar-refractivity contribution in [1.82, 2.24) is 0 Å². The molecule has 0 aliphatic rings. The Bertz CT molecular complexity index is 210. The van der Waals surface area contributed by atoms with Crippen LogP contribution in [-0.4, -0.2) is 75.1 Å². The van der Waals surface area contributed by atoms with Crippen LogP contribution in [0.3, 0.4) is 0 Å². The van der Waals surface area contributed by atoms with Crippen LogP contribution in [0.1, 0.15) is 0 Å². The Morgan fingerprint density at radius 1 is 0.765 bits per heavy atom. The van der Waals surface area contributed by atoms with Crippen LogP contribution in [0.5, 0.6) is 0 Å². The van der Waals surface area contributed by atoms with Gasteiger partial charge in [-0.2, -0.15) is 15.6 Å². The zero-order chi connectivity index (χ0) is 12.6. The summed E-state index contributed by atoms with van der Waals surface area (Å²) in [4.78, 5) is 51.3. The second-order valence-corrected chi connectivity index (χ2v) is 3.14. The Morgan fingerprint density at radius 2 is 0.765 bits per heavy atom. The first-order valence-corrected chi connectivity index (χ1v) is 5.21. The SMILES string of the molecule is N=C(N)N.O=P([O-])([O-])[O-].O=P([O-])([O-])[O-].[Mg+2].[Mg+2].[Mg+2]. The van der Waals surface area contributed by atoms with Crippen molar-refractivity contribution < 1.29 is 38.5 Å². The van der Waals surface area contributed by atoms with E-state index in [9.17, 15) is 0 Å². The summed E-state index contributed by atoms with van der Waals surface area (Å²) in [5.74, 6) is -0.333. The molecule has 0 spiro atoms. The van der Waals surface area contributed by atoms with Gasteiger partial charge in [0, 0.05) is 0 Å². The van der Waals surface area contributed by atoms with Crippen LogP contribution in [0.4, 0.5) is 0 Å². The minimum atomic E-state index is -5.39. The molecule has 17 heavy (non-hydrogen) atoms. The van der Waals surface area contributed by atoms with Crippen molar-refractivity contribution in [2.75, 3.05) is 0 Å². The monoisotopic (exact) mass is 321 g/mol. The van der Waals surface area contributed by atoms with Crippen LogP contribution in [0.25, 0.3) is 0 Å². The predicted molar refractivity (Wildman–Crippen MR) is 48.6 cm³/mol. The Morgan fingerprint density at radius 3 is 0.765 bits per heavy atom. The van der Waals surface area contributed by atoms with Crippen molar-refractivity contribution in [3.63, 3.8) is 0 Å². The van der Waals surface area contributed by atoms with Gasteiger partial charge in [-0.25, -0.2) is 0 Å². The zero-order valence-corrected chi connectivity index (χ0v) is 14.5. The summed E-state index contributed by atoms with van der Waals surface area (Å²) >= 11 is 0. The average molecular weight is 322 g/mol. The van der Waals surface area contributed by atoms with Crippen LogP contribution in [-0.2, 0) is 9.13 Å². The second-order valence-electron chi connectivity index (χ2n) is 1.35. The molecule has 0 aliphatic heterocycles. The number of hydrogen-bond acceptors (Lipinski definition) is 9. The largest absolute Gasteiger partial charge is 2.00 e. The number of nitrogens with two attached hydrogens (primary N) is 2. The summed E-state index contributed by atoms with van der Waals surface area (Å²) in [5.41, 5.74) is 8.94. The summed E-state index contributed by atoms with van der Waals surface area (Å²) < 4.78 is 17.1. The van der Waals surface area contributed by atoms with Gasteiger partial charge in [0.25, 0.3) is 0 Å². The first-order chi connectivity index (χ1) is 5.73. The molecule has 5 N–H and O–H groups in total. The molecule has 0 bridgehead atoms. The van der Waals surface area contributed by atoms with Crippen molar-refractivity contribution in [3.05, 3.63) is 0 Å². The molecule has 0 radical (unpaired) electrons. The molecule has 0 aromatic heterocycles. The first kappa shape index (κ1) is 36.4.